The van der Waals surface area contributed by atoms with Crippen molar-refractivity contribution >= 4 is 22.8 Å². The zero-order valence-corrected chi connectivity index (χ0v) is 12.7. The minimum absolute atomic E-state index is 0.549. The van der Waals surface area contributed by atoms with Crippen LogP contribution in [0.25, 0.3) is 11.2 Å². The molecule has 0 aliphatic carbocycles. The minimum atomic E-state index is 0.549. The van der Waals surface area contributed by atoms with Crippen molar-refractivity contribution in [3.63, 3.8) is 0 Å². The van der Waals surface area contributed by atoms with Crippen molar-refractivity contribution in [1.29, 1.82) is 0 Å². The van der Waals surface area contributed by atoms with E-state index >= 15 is 0 Å². The van der Waals surface area contributed by atoms with Crippen LogP contribution in [-0.4, -0.2) is 47.3 Å². The highest BCUT2D eigenvalue weighted by Gasteiger charge is 2.12. The number of rotatable bonds is 8. The van der Waals surface area contributed by atoms with Gasteiger partial charge in [-0.1, -0.05) is 0 Å². The molecule has 0 aliphatic rings. The highest BCUT2D eigenvalue weighted by atomic mass is 35.5. The van der Waals surface area contributed by atoms with Gasteiger partial charge in [-0.2, -0.15) is 0 Å². The molecule has 2 heterocycles. The highest BCUT2D eigenvalue weighted by Crippen LogP contribution is 2.18. The first-order valence-corrected chi connectivity index (χ1v) is 7.24. The van der Waals surface area contributed by atoms with Crippen LogP contribution in [0.4, 0.5) is 0 Å². The van der Waals surface area contributed by atoms with Crippen molar-refractivity contribution in [3.05, 3.63) is 23.7 Å². The first-order valence-electron chi connectivity index (χ1n) is 6.71. The van der Waals surface area contributed by atoms with Gasteiger partial charge in [0, 0.05) is 32.2 Å². The Kier molecular flexibility index (Phi) is 5.76. The maximum absolute atomic E-state index is 5.86. The normalized spacial score (nSPS) is 11.3. The fraction of sp³-hybridized carbons (Fsp3) is 0.571. The molecule has 20 heavy (non-hydrogen) atoms. The summed E-state index contributed by atoms with van der Waals surface area (Å²) in [6, 6.07) is 1.97. The van der Waals surface area contributed by atoms with E-state index in [0.29, 0.717) is 25.7 Å². The van der Waals surface area contributed by atoms with Gasteiger partial charge in [-0.3, -0.25) is 0 Å². The van der Waals surface area contributed by atoms with Crippen LogP contribution in [0, 0.1) is 6.92 Å². The third-order valence-corrected chi connectivity index (χ3v) is 3.31. The first kappa shape index (κ1) is 15.2. The van der Waals surface area contributed by atoms with Gasteiger partial charge in [-0.15, -0.1) is 11.6 Å². The Labute approximate surface area is 123 Å². The van der Waals surface area contributed by atoms with E-state index in [1.54, 1.807) is 7.11 Å². The Morgan fingerprint density at radius 2 is 2.15 bits per heavy atom. The number of hydrogen-bond donors (Lipinski definition) is 0. The summed E-state index contributed by atoms with van der Waals surface area (Å²) in [4.78, 5) is 9.09. The second-order valence-corrected chi connectivity index (χ2v) is 4.90. The molecule has 6 heteroatoms. The van der Waals surface area contributed by atoms with Gasteiger partial charge in [0.15, 0.2) is 5.65 Å². The molecule has 0 amide bonds. The number of fused-ring (bicyclic) bond motifs is 1. The van der Waals surface area contributed by atoms with Crippen LogP contribution in [-0.2, 0) is 22.4 Å². The lowest BCUT2D eigenvalue weighted by Crippen LogP contribution is -2.12. The molecule has 2 aromatic heterocycles. The smallest absolute Gasteiger partial charge is 0.160 e. The van der Waals surface area contributed by atoms with Crippen LogP contribution < -0.4 is 0 Å². The molecule has 0 spiro atoms. The zero-order valence-electron chi connectivity index (χ0n) is 11.9. The number of imidazole rings is 1. The van der Waals surface area contributed by atoms with E-state index in [0.717, 1.165) is 35.5 Å². The van der Waals surface area contributed by atoms with Crippen LogP contribution >= 0.6 is 11.6 Å². The summed E-state index contributed by atoms with van der Waals surface area (Å²) in [6.07, 6.45) is 2.54. The third-order valence-electron chi connectivity index (χ3n) is 3.12. The fourth-order valence-corrected chi connectivity index (χ4v) is 2.26. The third kappa shape index (κ3) is 3.48. The molecule has 0 saturated carbocycles. The van der Waals surface area contributed by atoms with Crippen LogP contribution in [0.2, 0.25) is 0 Å². The molecule has 2 aromatic rings. The Balaban J connectivity index is 2.16. The van der Waals surface area contributed by atoms with Crippen molar-refractivity contribution < 1.29 is 9.47 Å². The Morgan fingerprint density at radius 1 is 1.30 bits per heavy atom. The lowest BCUT2D eigenvalue weighted by molar-refractivity contribution is 0.0667. The molecule has 0 N–H and O–H groups in total. The summed E-state index contributed by atoms with van der Waals surface area (Å²) in [5, 5.41) is 0. The van der Waals surface area contributed by atoms with Crippen LogP contribution in [0.1, 0.15) is 11.4 Å². The monoisotopic (exact) mass is 297 g/mol. The molecule has 0 fully saturated rings. The van der Waals surface area contributed by atoms with Crippen molar-refractivity contribution in [2.75, 3.05) is 32.8 Å². The van der Waals surface area contributed by atoms with E-state index in [1.165, 1.54) is 0 Å². The maximum atomic E-state index is 5.86. The zero-order chi connectivity index (χ0) is 14.4. The van der Waals surface area contributed by atoms with Gasteiger partial charge in [0.05, 0.1) is 19.8 Å². The molecule has 5 nitrogen and oxygen atoms in total. The van der Waals surface area contributed by atoms with Gasteiger partial charge in [0.2, 0.25) is 0 Å². The van der Waals surface area contributed by atoms with Crippen LogP contribution in [0.15, 0.2) is 12.3 Å². The van der Waals surface area contributed by atoms with Gasteiger partial charge in [-0.05, 0) is 18.6 Å². The van der Waals surface area contributed by atoms with E-state index in [1.807, 2.05) is 19.2 Å². The largest absolute Gasteiger partial charge is 0.382 e. The number of nitrogens with zero attached hydrogens (tertiary/aromatic N) is 3. The minimum Gasteiger partial charge on any atom is -0.382 e. The Bertz CT molecular complexity index is 557. The van der Waals surface area contributed by atoms with Crippen LogP contribution in [0.5, 0.6) is 0 Å². The molecule has 0 unspecified atom stereocenters. The average Bonchev–Trinajstić information content (AvgIpc) is 2.79. The fourth-order valence-electron chi connectivity index (χ4n) is 2.09. The number of methoxy groups -OCH3 is 1. The van der Waals surface area contributed by atoms with Crippen LogP contribution in [0.3, 0.4) is 0 Å². The number of pyridine rings is 1. The summed E-state index contributed by atoms with van der Waals surface area (Å²) in [5.74, 6) is 1.51. The topological polar surface area (TPSA) is 49.2 Å². The molecule has 0 radical (unpaired) electrons. The number of hydrogen-bond acceptors (Lipinski definition) is 4. The standard InChI is InChI=1S/C14H20ClN3O2/c1-11-4-6-16-14-13(11)17-12(3-5-15)18(14)7-8-20-10-9-19-2/h4,6H,3,5,7-10H2,1-2H3. The van der Waals surface area contributed by atoms with E-state index in [2.05, 4.69) is 14.5 Å². The van der Waals surface area contributed by atoms with E-state index in [-0.39, 0.29) is 0 Å². The number of halogens is 1. The number of ether oxygens (including phenoxy) is 2. The molecule has 0 saturated heterocycles. The first-order chi connectivity index (χ1) is 9.77. The predicted octanol–water partition coefficient (Wildman–Crippen LogP) is 2.18. The van der Waals surface area contributed by atoms with Gasteiger partial charge in [-0.25, -0.2) is 9.97 Å². The Morgan fingerprint density at radius 3 is 2.90 bits per heavy atom. The second kappa shape index (κ2) is 7.57. The molecule has 110 valence electrons. The maximum Gasteiger partial charge on any atom is 0.160 e. The number of aromatic nitrogens is 3. The highest BCUT2D eigenvalue weighted by molar-refractivity contribution is 6.17. The van der Waals surface area contributed by atoms with E-state index in [9.17, 15) is 0 Å². The van der Waals surface area contributed by atoms with Crippen molar-refractivity contribution in [2.24, 2.45) is 0 Å². The lowest BCUT2D eigenvalue weighted by atomic mass is 10.3. The molecule has 0 aromatic carbocycles. The predicted molar refractivity (Wildman–Crippen MR) is 79.4 cm³/mol. The van der Waals surface area contributed by atoms with E-state index in [4.69, 9.17) is 21.1 Å². The molecule has 0 bridgehead atoms. The van der Waals surface area contributed by atoms with Gasteiger partial charge in [0.25, 0.3) is 0 Å². The quantitative estimate of drug-likeness (QED) is 0.553. The SMILES string of the molecule is COCCOCCn1c(CCCl)nc2c(C)ccnc21. The summed E-state index contributed by atoms with van der Waals surface area (Å²) in [6.45, 7) is 4.58. The molecule has 0 atom stereocenters. The van der Waals surface area contributed by atoms with Gasteiger partial charge >= 0.3 is 0 Å². The summed E-state index contributed by atoms with van der Waals surface area (Å²) in [7, 11) is 1.66. The molecular weight excluding hydrogens is 278 g/mol. The van der Waals surface area contributed by atoms with Gasteiger partial charge < -0.3 is 14.0 Å². The second-order valence-electron chi connectivity index (χ2n) is 4.52. The molecule has 2 rings (SSSR count). The Hall–Kier alpha value is -1.17. The van der Waals surface area contributed by atoms with E-state index < -0.39 is 0 Å². The molecular formula is C14H20ClN3O2. The number of alkyl halides is 1. The summed E-state index contributed by atoms with van der Waals surface area (Å²) < 4.78 is 12.6. The lowest BCUT2D eigenvalue weighted by Gasteiger charge is -2.08. The number of aryl methyl sites for hydroxylation is 2. The summed E-state index contributed by atoms with van der Waals surface area (Å²) >= 11 is 5.86. The van der Waals surface area contributed by atoms with Crippen molar-refractivity contribution in [1.82, 2.24) is 14.5 Å². The van der Waals surface area contributed by atoms with Crippen molar-refractivity contribution in [2.45, 2.75) is 19.9 Å². The average molecular weight is 298 g/mol. The molecule has 0 aliphatic heterocycles. The van der Waals surface area contributed by atoms with Crippen molar-refractivity contribution in [3.8, 4) is 0 Å². The van der Waals surface area contributed by atoms with Gasteiger partial charge in [0.1, 0.15) is 11.3 Å². The summed E-state index contributed by atoms with van der Waals surface area (Å²) in [5.41, 5.74) is 2.98.